The lowest BCUT2D eigenvalue weighted by Gasteiger charge is -2.23. The topological polar surface area (TPSA) is 122 Å². The molecule has 1 saturated heterocycles. The first-order valence-corrected chi connectivity index (χ1v) is 11.8. The van der Waals surface area contributed by atoms with E-state index in [1.165, 1.54) is 12.1 Å². The molecule has 1 unspecified atom stereocenters. The van der Waals surface area contributed by atoms with Crippen LogP contribution in [0.2, 0.25) is 10.0 Å². The lowest BCUT2D eigenvalue weighted by molar-refractivity contribution is -0.125. The Morgan fingerprint density at radius 3 is 2.35 bits per heavy atom. The van der Waals surface area contributed by atoms with Crippen molar-refractivity contribution in [2.24, 2.45) is 5.14 Å². The van der Waals surface area contributed by atoms with Gasteiger partial charge in [-0.1, -0.05) is 35.3 Å². The van der Waals surface area contributed by atoms with E-state index in [1.54, 1.807) is 30.3 Å². The van der Waals surface area contributed by atoms with Gasteiger partial charge in [-0.2, -0.15) is 0 Å². The van der Waals surface area contributed by atoms with Crippen molar-refractivity contribution in [3.8, 4) is 0 Å². The lowest BCUT2D eigenvalue weighted by atomic mass is 10.2. The van der Waals surface area contributed by atoms with E-state index in [-0.39, 0.29) is 29.8 Å². The Kier molecular flexibility index (Phi) is 7.55. The Bertz CT molecular complexity index is 1060. The molecule has 1 heterocycles. The van der Waals surface area contributed by atoms with Gasteiger partial charge in [-0.05, 0) is 55.3 Å². The smallest absolute Gasteiger partial charge is 0.241 e. The van der Waals surface area contributed by atoms with E-state index < -0.39 is 16.1 Å². The molecule has 166 valence electrons. The van der Waals surface area contributed by atoms with Crippen molar-refractivity contribution in [3.05, 3.63) is 58.1 Å². The van der Waals surface area contributed by atoms with Gasteiger partial charge in [0.2, 0.25) is 21.8 Å². The molecule has 0 aromatic heterocycles. The fraction of sp³-hybridized carbons (Fsp3) is 0.300. The maximum atomic E-state index is 12.7. The van der Waals surface area contributed by atoms with Crippen LogP contribution in [0.25, 0.3) is 0 Å². The van der Waals surface area contributed by atoms with Crippen LogP contribution in [-0.2, 0) is 26.2 Å². The molecule has 0 saturated carbocycles. The van der Waals surface area contributed by atoms with Gasteiger partial charge in [0.05, 0.1) is 17.5 Å². The van der Waals surface area contributed by atoms with Crippen molar-refractivity contribution in [1.82, 2.24) is 10.2 Å². The second-order valence-corrected chi connectivity index (χ2v) is 9.68. The molecule has 0 radical (unpaired) electrons. The van der Waals surface area contributed by atoms with E-state index in [0.29, 0.717) is 28.7 Å². The fourth-order valence-corrected chi connectivity index (χ4v) is 4.44. The number of likely N-dealkylation sites (tertiary alicyclic amines) is 1. The number of nitrogens with two attached hydrogens (primary N) is 1. The summed E-state index contributed by atoms with van der Waals surface area (Å²) in [6.07, 6.45) is 1.44. The zero-order chi connectivity index (χ0) is 22.6. The van der Waals surface area contributed by atoms with Crippen molar-refractivity contribution in [2.45, 2.75) is 30.3 Å². The predicted octanol–water partition coefficient (Wildman–Crippen LogP) is 2.36. The summed E-state index contributed by atoms with van der Waals surface area (Å²) in [5.74, 6) is -0.455. The van der Waals surface area contributed by atoms with Gasteiger partial charge >= 0.3 is 0 Å². The number of carbonyl (C=O) groups excluding carboxylic acids is 2. The minimum Gasteiger partial charge on any atom is -0.351 e. The molecule has 2 amide bonds. The molecule has 1 fully saturated rings. The molecule has 0 aliphatic carbocycles. The predicted molar refractivity (Wildman–Crippen MR) is 119 cm³/mol. The van der Waals surface area contributed by atoms with Crippen LogP contribution in [0.3, 0.4) is 0 Å². The van der Waals surface area contributed by atoms with Gasteiger partial charge in [-0.15, -0.1) is 0 Å². The van der Waals surface area contributed by atoms with E-state index in [1.807, 2.05) is 4.90 Å². The van der Waals surface area contributed by atoms with Crippen molar-refractivity contribution in [3.63, 3.8) is 0 Å². The number of halogens is 2. The number of carbonyl (C=O) groups is 2. The number of hydrogen-bond donors (Lipinski definition) is 3. The summed E-state index contributed by atoms with van der Waals surface area (Å²) in [5, 5.41) is 11.5. The summed E-state index contributed by atoms with van der Waals surface area (Å²) in [5.41, 5.74) is 1.23. The molecule has 0 bridgehead atoms. The number of sulfonamides is 1. The van der Waals surface area contributed by atoms with E-state index >= 15 is 0 Å². The molecule has 31 heavy (non-hydrogen) atoms. The van der Waals surface area contributed by atoms with E-state index in [4.69, 9.17) is 28.3 Å². The second-order valence-electron chi connectivity index (χ2n) is 7.24. The molecule has 3 rings (SSSR count). The number of amides is 2. The highest BCUT2D eigenvalue weighted by molar-refractivity contribution is 7.89. The van der Waals surface area contributed by atoms with E-state index in [2.05, 4.69) is 10.6 Å². The quantitative estimate of drug-likeness (QED) is 0.556. The molecule has 2 aromatic carbocycles. The Morgan fingerprint density at radius 2 is 1.74 bits per heavy atom. The standard InChI is InChI=1S/C20H22Cl2N4O4S/c21-14-8-15(22)10-16(9-14)25-20(28)18-2-1-7-26(18)12-19(27)24-11-13-3-5-17(6-4-13)31(23,29)30/h3-6,8-10,18H,1-2,7,11-12H2,(H,24,27)(H,25,28)(H2,23,29,30). The minimum atomic E-state index is -3.75. The Balaban J connectivity index is 1.53. The van der Waals surface area contributed by atoms with Gasteiger partial charge in [0.1, 0.15) is 0 Å². The number of benzene rings is 2. The van der Waals surface area contributed by atoms with Crippen molar-refractivity contribution in [1.29, 1.82) is 0 Å². The van der Waals surface area contributed by atoms with E-state index in [0.717, 1.165) is 12.0 Å². The number of nitrogens with zero attached hydrogens (tertiary/aromatic N) is 1. The second kappa shape index (κ2) is 9.97. The third kappa shape index (κ3) is 6.65. The first kappa shape index (κ1) is 23.5. The average Bonchev–Trinajstić information content (AvgIpc) is 3.13. The van der Waals surface area contributed by atoms with Gasteiger partial charge in [0.15, 0.2) is 0 Å². The normalized spacial score (nSPS) is 16.8. The van der Waals surface area contributed by atoms with Crippen LogP contribution in [-0.4, -0.2) is 44.3 Å². The van der Waals surface area contributed by atoms with Crippen LogP contribution in [0, 0.1) is 0 Å². The molecule has 1 aliphatic heterocycles. The zero-order valence-corrected chi connectivity index (χ0v) is 18.8. The largest absolute Gasteiger partial charge is 0.351 e. The molecular formula is C20H22Cl2N4O4S. The molecular weight excluding hydrogens is 463 g/mol. The van der Waals surface area contributed by atoms with Crippen LogP contribution in [0.4, 0.5) is 5.69 Å². The van der Waals surface area contributed by atoms with E-state index in [9.17, 15) is 18.0 Å². The average molecular weight is 485 g/mol. The highest BCUT2D eigenvalue weighted by Gasteiger charge is 2.32. The van der Waals surface area contributed by atoms with Gasteiger partial charge in [-0.25, -0.2) is 13.6 Å². The summed E-state index contributed by atoms with van der Waals surface area (Å²) in [7, 11) is -3.75. The third-order valence-corrected chi connectivity index (χ3v) is 6.25. The summed E-state index contributed by atoms with van der Waals surface area (Å²) >= 11 is 11.9. The zero-order valence-electron chi connectivity index (χ0n) is 16.5. The highest BCUT2D eigenvalue weighted by atomic mass is 35.5. The van der Waals surface area contributed by atoms with Gasteiger partial charge in [0.25, 0.3) is 0 Å². The molecule has 2 aromatic rings. The number of nitrogens with one attached hydrogen (secondary N) is 2. The summed E-state index contributed by atoms with van der Waals surface area (Å²) < 4.78 is 22.6. The number of primary sulfonamides is 1. The van der Waals surface area contributed by atoms with Crippen LogP contribution < -0.4 is 15.8 Å². The number of hydrogen-bond acceptors (Lipinski definition) is 5. The van der Waals surface area contributed by atoms with Gasteiger partial charge < -0.3 is 10.6 Å². The summed E-state index contributed by atoms with van der Waals surface area (Å²) in [4.78, 5) is 26.9. The SMILES string of the molecule is NS(=O)(=O)c1ccc(CNC(=O)CN2CCCC2C(=O)Nc2cc(Cl)cc(Cl)c2)cc1. The third-order valence-electron chi connectivity index (χ3n) is 4.88. The van der Waals surface area contributed by atoms with Gasteiger partial charge in [-0.3, -0.25) is 14.5 Å². The molecule has 8 nitrogen and oxygen atoms in total. The Hall–Kier alpha value is -2.17. The van der Waals surface area contributed by atoms with Crippen molar-refractivity contribution < 1.29 is 18.0 Å². The van der Waals surface area contributed by atoms with Crippen molar-refractivity contribution in [2.75, 3.05) is 18.4 Å². The fourth-order valence-electron chi connectivity index (χ4n) is 3.40. The Labute approximate surface area is 190 Å². The number of rotatable bonds is 7. The molecule has 11 heteroatoms. The lowest BCUT2D eigenvalue weighted by Crippen LogP contribution is -2.44. The van der Waals surface area contributed by atoms with Crippen LogP contribution in [0.15, 0.2) is 47.4 Å². The summed E-state index contributed by atoms with van der Waals surface area (Å²) in [6.45, 7) is 0.934. The van der Waals surface area contributed by atoms with Gasteiger partial charge in [0, 0.05) is 22.3 Å². The maximum Gasteiger partial charge on any atom is 0.241 e. The highest BCUT2D eigenvalue weighted by Crippen LogP contribution is 2.24. The Morgan fingerprint density at radius 1 is 1.10 bits per heavy atom. The molecule has 4 N–H and O–H groups in total. The number of anilines is 1. The molecule has 1 atom stereocenters. The van der Waals surface area contributed by atoms with Crippen LogP contribution >= 0.6 is 23.2 Å². The van der Waals surface area contributed by atoms with Crippen LogP contribution in [0.1, 0.15) is 18.4 Å². The van der Waals surface area contributed by atoms with Crippen molar-refractivity contribution >= 4 is 50.7 Å². The minimum absolute atomic E-state index is 0.00879. The molecule has 1 aliphatic rings. The first-order valence-electron chi connectivity index (χ1n) is 9.51. The molecule has 0 spiro atoms. The first-order chi connectivity index (χ1) is 14.6. The van der Waals surface area contributed by atoms with Crippen LogP contribution in [0.5, 0.6) is 0 Å². The monoisotopic (exact) mass is 484 g/mol. The maximum absolute atomic E-state index is 12.7. The summed E-state index contributed by atoms with van der Waals surface area (Å²) in [6, 6.07) is 10.3.